The normalized spacial score (nSPS) is 17.1. The molecule has 1 saturated heterocycles. The lowest BCUT2D eigenvalue weighted by molar-refractivity contribution is 0.00341. The first-order valence-electron chi connectivity index (χ1n) is 10.6. The van der Waals surface area contributed by atoms with Crippen LogP contribution in [-0.4, -0.2) is 72.6 Å². The molecule has 3 heterocycles. The highest BCUT2D eigenvalue weighted by Crippen LogP contribution is 2.32. The van der Waals surface area contributed by atoms with Crippen LogP contribution in [0.2, 0.25) is 0 Å². The molecule has 0 spiro atoms. The predicted molar refractivity (Wildman–Crippen MR) is 120 cm³/mol. The molecule has 1 amide bonds. The zero-order chi connectivity index (χ0) is 22.8. The Morgan fingerprint density at radius 1 is 1.16 bits per heavy atom. The van der Waals surface area contributed by atoms with Gasteiger partial charge in [0, 0.05) is 44.2 Å². The van der Waals surface area contributed by atoms with Crippen LogP contribution in [-0.2, 0) is 9.47 Å². The van der Waals surface area contributed by atoms with Crippen LogP contribution in [0.5, 0.6) is 5.75 Å². The fourth-order valence-corrected chi connectivity index (χ4v) is 3.94. The van der Waals surface area contributed by atoms with Gasteiger partial charge in [-0.2, -0.15) is 0 Å². The molecule has 0 aromatic carbocycles. The van der Waals surface area contributed by atoms with E-state index in [4.69, 9.17) is 19.2 Å². The summed E-state index contributed by atoms with van der Waals surface area (Å²) in [6.07, 6.45) is 1.54. The molecule has 2 aromatic rings. The molecular weight excluding hydrogens is 396 g/mol. The highest BCUT2D eigenvalue weighted by molar-refractivity contribution is 5.69. The molecule has 8 nitrogen and oxygen atoms in total. The molecule has 1 aliphatic heterocycles. The van der Waals surface area contributed by atoms with Crippen molar-refractivity contribution in [2.75, 3.05) is 45.4 Å². The lowest BCUT2D eigenvalue weighted by Crippen LogP contribution is -2.57. The average Bonchev–Trinajstić information content (AvgIpc) is 3.04. The third-order valence-corrected chi connectivity index (χ3v) is 5.36. The monoisotopic (exact) mass is 430 g/mol. The van der Waals surface area contributed by atoms with E-state index in [0.717, 1.165) is 28.6 Å². The summed E-state index contributed by atoms with van der Waals surface area (Å²) in [7, 11) is 3.31. The summed E-state index contributed by atoms with van der Waals surface area (Å²) >= 11 is 0. The van der Waals surface area contributed by atoms with Gasteiger partial charge in [0.25, 0.3) is 0 Å². The number of hydrogen-bond donors (Lipinski definition) is 0. The van der Waals surface area contributed by atoms with Crippen molar-refractivity contribution in [2.24, 2.45) is 0 Å². The van der Waals surface area contributed by atoms with Crippen LogP contribution >= 0.6 is 0 Å². The van der Waals surface area contributed by atoms with E-state index >= 15 is 0 Å². The van der Waals surface area contributed by atoms with Crippen molar-refractivity contribution in [1.82, 2.24) is 14.5 Å². The smallest absolute Gasteiger partial charge is 0.410 e. The number of ether oxygens (including phenoxy) is 3. The minimum Gasteiger partial charge on any atom is -0.494 e. The largest absolute Gasteiger partial charge is 0.494 e. The molecule has 1 aliphatic rings. The quantitative estimate of drug-likeness (QED) is 0.722. The molecule has 0 unspecified atom stereocenters. The standard InChI is InChI=1S/C23H34N4O4/c1-16-8-9-17(2)27(16)21-12-20(30-7)19(13-24-21)25-10-11-26(18(14-25)15-29-6)22(28)31-23(3,4)5/h8-9,12-13,18H,10-11,14-15H2,1-7H3/t18-/m1/s1. The van der Waals surface area contributed by atoms with Crippen LogP contribution < -0.4 is 9.64 Å². The first-order valence-corrected chi connectivity index (χ1v) is 10.6. The number of nitrogens with zero attached hydrogens (tertiary/aromatic N) is 4. The maximum absolute atomic E-state index is 12.7. The van der Waals surface area contributed by atoms with E-state index in [9.17, 15) is 4.79 Å². The molecule has 170 valence electrons. The number of amides is 1. The summed E-state index contributed by atoms with van der Waals surface area (Å²) in [6.45, 7) is 11.9. The Kier molecular flexibility index (Phi) is 6.79. The molecule has 31 heavy (non-hydrogen) atoms. The molecule has 0 aliphatic carbocycles. The molecule has 0 radical (unpaired) electrons. The number of hydrogen-bond acceptors (Lipinski definition) is 6. The van der Waals surface area contributed by atoms with Gasteiger partial charge in [-0.15, -0.1) is 0 Å². The number of aromatic nitrogens is 2. The van der Waals surface area contributed by atoms with Crippen molar-refractivity contribution < 1.29 is 19.0 Å². The van der Waals surface area contributed by atoms with Crippen molar-refractivity contribution >= 4 is 11.8 Å². The Morgan fingerprint density at radius 2 is 1.84 bits per heavy atom. The number of aryl methyl sites for hydroxylation is 2. The minimum atomic E-state index is -0.538. The van der Waals surface area contributed by atoms with E-state index in [1.807, 2.05) is 33.0 Å². The summed E-state index contributed by atoms with van der Waals surface area (Å²) in [5, 5.41) is 0. The van der Waals surface area contributed by atoms with Crippen molar-refractivity contribution in [3.63, 3.8) is 0 Å². The zero-order valence-corrected chi connectivity index (χ0v) is 19.6. The van der Waals surface area contributed by atoms with Crippen molar-refractivity contribution in [2.45, 2.75) is 46.3 Å². The van der Waals surface area contributed by atoms with E-state index in [1.165, 1.54) is 0 Å². The van der Waals surface area contributed by atoms with Gasteiger partial charge in [0.2, 0.25) is 0 Å². The maximum atomic E-state index is 12.7. The summed E-state index contributed by atoms with van der Waals surface area (Å²) in [4.78, 5) is 21.3. The van der Waals surface area contributed by atoms with Gasteiger partial charge >= 0.3 is 6.09 Å². The van der Waals surface area contributed by atoms with Crippen molar-refractivity contribution in [1.29, 1.82) is 0 Å². The van der Waals surface area contributed by atoms with Gasteiger partial charge in [-0.3, -0.25) is 4.90 Å². The molecule has 0 N–H and O–H groups in total. The highest BCUT2D eigenvalue weighted by Gasteiger charge is 2.34. The molecule has 8 heteroatoms. The predicted octanol–water partition coefficient (Wildman–Crippen LogP) is 3.57. The van der Waals surface area contributed by atoms with Gasteiger partial charge in [0.15, 0.2) is 0 Å². The first-order chi connectivity index (χ1) is 14.6. The van der Waals surface area contributed by atoms with Crippen LogP contribution in [0, 0.1) is 13.8 Å². The number of rotatable bonds is 5. The van der Waals surface area contributed by atoms with Gasteiger partial charge in [0.1, 0.15) is 17.2 Å². The fourth-order valence-electron chi connectivity index (χ4n) is 3.94. The molecule has 2 aromatic heterocycles. The summed E-state index contributed by atoms with van der Waals surface area (Å²) < 4.78 is 18.8. The Balaban J connectivity index is 1.84. The average molecular weight is 431 g/mol. The summed E-state index contributed by atoms with van der Waals surface area (Å²) in [6, 6.07) is 5.97. The summed E-state index contributed by atoms with van der Waals surface area (Å²) in [5.74, 6) is 1.57. The second-order valence-electron chi connectivity index (χ2n) is 8.89. The lowest BCUT2D eigenvalue weighted by Gasteiger charge is -2.42. The number of carbonyl (C=O) groups is 1. The first kappa shape index (κ1) is 22.9. The van der Waals surface area contributed by atoms with E-state index in [0.29, 0.717) is 26.2 Å². The van der Waals surface area contributed by atoms with Gasteiger partial charge in [0.05, 0.1) is 31.6 Å². The number of anilines is 1. The third-order valence-electron chi connectivity index (χ3n) is 5.36. The van der Waals surface area contributed by atoms with E-state index in [2.05, 4.69) is 35.4 Å². The molecule has 3 rings (SSSR count). The topological polar surface area (TPSA) is 69.1 Å². The summed E-state index contributed by atoms with van der Waals surface area (Å²) in [5.41, 5.74) is 2.60. The van der Waals surface area contributed by atoms with Crippen LogP contribution in [0.1, 0.15) is 32.2 Å². The molecular formula is C23H34N4O4. The maximum Gasteiger partial charge on any atom is 0.410 e. The van der Waals surface area contributed by atoms with Crippen molar-refractivity contribution in [3.8, 4) is 11.6 Å². The zero-order valence-electron chi connectivity index (χ0n) is 19.6. The minimum absolute atomic E-state index is 0.132. The van der Waals surface area contributed by atoms with Crippen LogP contribution in [0.25, 0.3) is 5.82 Å². The Morgan fingerprint density at radius 3 is 2.42 bits per heavy atom. The highest BCUT2D eigenvalue weighted by atomic mass is 16.6. The van der Waals surface area contributed by atoms with Crippen LogP contribution in [0.3, 0.4) is 0 Å². The number of piperazine rings is 1. The Bertz CT molecular complexity index is 899. The number of carbonyl (C=O) groups excluding carboxylic acids is 1. The SMILES string of the molecule is COC[C@H]1CN(c2cnc(-n3c(C)ccc3C)cc2OC)CCN1C(=O)OC(C)(C)C. The third kappa shape index (κ3) is 5.12. The molecule has 0 bridgehead atoms. The van der Waals surface area contributed by atoms with Gasteiger partial charge in [-0.25, -0.2) is 9.78 Å². The Hall–Kier alpha value is -2.74. The van der Waals surface area contributed by atoms with Crippen molar-refractivity contribution in [3.05, 3.63) is 35.8 Å². The van der Waals surface area contributed by atoms with Crippen LogP contribution in [0.4, 0.5) is 10.5 Å². The van der Waals surface area contributed by atoms with E-state index in [-0.39, 0.29) is 12.1 Å². The second-order valence-corrected chi connectivity index (χ2v) is 8.89. The van der Waals surface area contributed by atoms with E-state index < -0.39 is 5.60 Å². The van der Waals surface area contributed by atoms with Gasteiger partial charge in [-0.1, -0.05) is 0 Å². The number of pyridine rings is 1. The number of methoxy groups -OCH3 is 2. The van der Waals surface area contributed by atoms with E-state index in [1.54, 1.807) is 19.1 Å². The second kappa shape index (κ2) is 9.18. The fraction of sp³-hybridized carbons (Fsp3) is 0.565. The lowest BCUT2D eigenvalue weighted by atomic mass is 10.1. The molecule has 1 fully saturated rings. The Labute approximate surface area is 184 Å². The van der Waals surface area contributed by atoms with Gasteiger partial charge < -0.3 is 23.7 Å². The molecule has 0 saturated carbocycles. The van der Waals surface area contributed by atoms with Crippen LogP contribution in [0.15, 0.2) is 24.4 Å². The molecule has 1 atom stereocenters. The van der Waals surface area contributed by atoms with Gasteiger partial charge in [-0.05, 0) is 46.8 Å².